The average molecular weight is 354 g/mol. The lowest BCUT2D eigenvalue weighted by molar-refractivity contribution is -0.137. The van der Waals surface area contributed by atoms with E-state index in [2.05, 4.69) is 6.92 Å². The van der Waals surface area contributed by atoms with Crippen molar-refractivity contribution in [1.82, 2.24) is 0 Å². The van der Waals surface area contributed by atoms with Crippen molar-refractivity contribution in [3.63, 3.8) is 0 Å². The van der Waals surface area contributed by atoms with E-state index in [1.807, 2.05) is 18.2 Å². The number of aliphatic hydroxyl groups excluding tert-OH is 2. The van der Waals surface area contributed by atoms with Gasteiger partial charge in [0, 0.05) is 12.8 Å². The van der Waals surface area contributed by atoms with Gasteiger partial charge in [-0.05, 0) is 38.5 Å². The highest BCUT2D eigenvalue weighted by molar-refractivity contribution is 5.84. The number of aliphatic hydroxyl groups is 2. The second-order valence-electron chi connectivity index (χ2n) is 6.38. The molecule has 0 saturated heterocycles. The van der Waals surface area contributed by atoms with E-state index >= 15 is 0 Å². The highest BCUT2D eigenvalue weighted by atomic mass is 16.4. The predicted octanol–water partition coefficient (Wildman–Crippen LogP) is 3.79. The summed E-state index contributed by atoms with van der Waals surface area (Å²) in [4.78, 5) is 22.1. The predicted molar refractivity (Wildman–Crippen MR) is 99.4 cm³/mol. The lowest BCUT2D eigenvalue weighted by Crippen LogP contribution is -2.21. The normalized spacial score (nSPS) is 14.2. The SMILES string of the molecule is CCCCCC(O)CCC(O)C(=O)CC=CCC=CCCCC(=O)O. The summed E-state index contributed by atoms with van der Waals surface area (Å²) < 4.78 is 0. The van der Waals surface area contributed by atoms with E-state index in [0.29, 0.717) is 25.7 Å². The van der Waals surface area contributed by atoms with Gasteiger partial charge in [0.15, 0.2) is 5.78 Å². The molecule has 0 aromatic rings. The molecule has 0 heterocycles. The second kappa shape index (κ2) is 16.0. The molecule has 0 aliphatic rings. The Morgan fingerprint density at radius 2 is 1.64 bits per heavy atom. The number of hydrogen-bond donors (Lipinski definition) is 3. The number of aliphatic carboxylic acids is 1. The zero-order chi connectivity index (χ0) is 18.9. The molecule has 0 amide bonds. The lowest BCUT2D eigenvalue weighted by Gasteiger charge is -2.12. The number of Topliss-reactive ketones (excluding diaryl/α,β-unsaturated/α-hetero) is 1. The lowest BCUT2D eigenvalue weighted by atomic mass is 10.0. The van der Waals surface area contributed by atoms with Crippen LogP contribution in [-0.2, 0) is 9.59 Å². The van der Waals surface area contributed by atoms with Crippen molar-refractivity contribution in [3.8, 4) is 0 Å². The fourth-order valence-corrected chi connectivity index (χ4v) is 2.38. The van der Waals surface area contributed by atoms with Crippen molar-refractivity contribution >= 4 is 11.8 Å². The molecular formula is C20H34O5. The molecule has 144 valence electrons. The summed E-state index contributed by atoms with van der Waals surface area (Å²) in [5, 5.41) is 28.1. The monoisotopic (exact) mass is 354 g/mol. The quantitative estimate of drug-likeness (QED) is 0.290. The van der Waals surface area contributed by atoms with Gasteiger partial charge in [-0.3, -0.25) is 9.59 Å². The Labute approximate surface area is 151 Å². The van der Waals surface area contributed by atoms with Crippen molar-refractivity contribution in [3.05, 3.63) is 24.3 Å². The molecule has 2 atom stereocenters. The molecule has 0 radical (unpaired) electrons. The van der Waals surface area contributed by atoms with E-state index < -0.39 is 18.2 Å². The number of rotatable bonds is 16. The topological polar surface area (TPSA) is 94.8 Å². The molecule has 25 heavy (non-hydrogen) atoms. The molecule has 0 spiro atoms. The first-order valence-electron chi connectivity index (χ1n) is 9.38. The summed E-state index contributed by atoms with van der Waals surface area (Å²) in [6, 6.07) is 0. The summed E-state index contributed by atoms with van der Waals surface area (Å²) in [6.07, 6.45) is 13.1. The van der Waals surface area contributed by atoms with E-state index in [4.69, 9.17) is 5.11 Å². The van der Waals surface area contributed by atoms with Gasteiger partial charge in [0.2, 0.25) is 0 Å². The number of ketones is 1. The maximum atomic E-state index is 11.8. The smallest absolute Gasteiger partial charge is 0.303 e. The van der Waals surface area contributed by atoms with E-state index in [1.165, 1.54) is 0 Å². The molecule has 0 aromatic carbocycles. The number of carboxylic acids is 1. The summed E-state index contributed by atoms with van der Waals surface area (Å²) in [7, 11) is 0. The molecule has 0 bridgehead atoms. The minimum Gasteiger partial charge on any atom is -0.481 e. The van der Waals surface area contributed by atoms with Crippen LogP contribution in [0.15, 0.2) is 24.3 Å². The number of carbonyl (C=O) groups excluding carboxylic acids is 1. The maximum Gasteiger partial charge on any atom is 0.303 e. The van der Waals surface area contributed by atoms with Gasteiger partial charge in [-0.25, -0.2) is 0 Å². The highest BCUT2D eigenvalue weighted by Crippen LogP contribution is 2.11. The Bertz CT molecular complexity index is 414. The third kappa shape index (κ3) is 15.8. The maximum absolute atomic E-state index is 11.8. The number of allylic oxidation sites excluding steroid dienone is 4. The molecule has 2 unspecified atom stereocenters. The van der Waals surface area contributed by atoms with Crippen LogP contribution in [0.2, 0.25) is 0 Å². The number of carboxylic acid groups (broad SMARTS) is 1. The standard InChI is InChI=1S/C20H34O5/c1-2-3-9-12-17(21)15-16-19(23)18(22)13-10-7-5-4-6-8-11-14-20(24)25/h4,6-7,10,17,19,21,23H,2-3,5,8-9,11-16H2,1H3,(H,24,25). The van der Waals surface area contributed by atoms with Crippen LogP contribution in [0.5, 0.6) is 0 Å². The molecule has 0 saturated carbocycles. The van der Waals surface area contributed by atoms with Crippen LogP contribution in [0.4, 0.5) is 0 Å². The molecule has 0 aliphatic carbocycles. The van der Waals surface area contributed by atoms with Crippen LogP contribution >= 0.6 is 0 Å². The minimum atomic E-state index is -1.00. The summed E-state index contributed by atoms with van der Waals surface area (Å²) in [6.45, 7) is 2.11. The van der Waals surface area contributed by atoms with Gasteiger partial charge in [-0.15, -0.1) is 0 Å². The van der Waals surface area contributed by atoms with Gasteiger partial charge in [0.05, 0.1) is 6.10 Å². The van der Waals surface area contributed by atoms with Gasteiger partial charge >= 0.3 is 5.97 Å². The largest absolute Gasteiger partial charge is 0.481 e. The van der Waals surface area contributed by atoms with Crippen LogP contribution in [-0.4, -0.2) is 39.3 Å². The molecule has 3 N–H and O–H groups in total. The Kier molecular flexibility index (Phi) is 15.1. The molecule has 0 fully saturated rings. The van der Waals surface area contributed by atoms with Crippen LogP contribution in [0.1, 0.15) is 77.6 Å². The Morgan fingerprint density at radius 1 is 0.920 bits per heavy atom. The fourth-order valence-electron chi connectivity index (χ4n) is 2.38. The number of unbranched alkanes of at least 4 members (excludes halogenated alkanes) is 3. The Morgan fingerprint density at radius 3 is 2.32 bits per heavy atom. The number of carbonyl (C=O) groups is 2. The van der Waals surface area contributed by atoms with Crippen molar-refractivity contribution in [2.75, 3.05) is 0 Å². The van der Waals surface area contributed by atoms with Crippen LogP contribution < -0.4 is 0 Å². The van der Waals surface area contributed by atoms with Gasteiger partial charge in [-0.1, -0.05) is 50.5 Å². The Balaban J connectivity index is 3.75. The summed E-state index contributed by atoms with van der Waals surface area (Å²) in [5.74, 6) is -0.999. The summed E-state index contributed by atoms with van der Waals surface area (Å²) in [5.41, 5.74) is 0. The molecule has 0 aromatic heterocycles. The van der Waals surface area contributed by atoms with Crippen molar-refractivity contribution < 1.29 is 24.9 Å². The number of hydrogen-bond acceptors (Lipinski definition) is 4. The van der Waals surface area contributed by atoms with Crippen molar-refractivity contribution in [2.45, 2.75) is 89.8 Å². The third-order valence-corrected chi connectivity index (χ3v) is 3.97. The molecular weight excluding hydrogens is 320 g/mol. The van der Waals surface area contributed by atoms with Crippen molar-refractivity contribution in [1.29, 1.82) is 0 Å². The van der Waals surface area contributed by atoms with Gasteiger partial charge in [-0.2, -0.15) is 0 Å². The minimum absolute atomic E-state index is 0.180. The molecule has 0 aliphatic heterocycles. The molecule has 5 heteroatoms. The zero-order valence-electron chi connectivity index (χ0n) is 15.4. The summed E-state index contributed by atoms with van der Waals surface area (Å²) >= 11 is 0. The van der Waals surface area contributed by atoms with E-state index in [1.54, 1.807) is 6.08 Å². The first kappa shape index (κ1) is 23.5. The molecule has 5 nitrogen and oxygen atoms in total. The first-order valence-corrected chi connectivity index (χ1v) is 9.38. The molecule has 0 rings (SSSR count). The zero-order valence-corrected chi connectivity index (χ0v) is 15.4. The van der Waals surface area contributed by atoms with Crippen LogP contribution in [0, 0.1) is 0 Å². The second-order valence-corrected chi connectivity index (χ2v) is 6.38. The van der Waals surface area contributed by atoms with E-state index in [9.17, 15) is 19.8 Å². The fraction of sp³-hybridized carbons (Fsp3) is 0.700. The van der Waals surface area contributed by atoms with E-state index in [-0.39, 0.29) is 18.6 Å². The van der Waals surface area contributed by atoms with Gasteiger partial charge < -0.3 is 15.3 Å². The Hall–Kier alpha value is -1.46. The van der Waals surface area contributed by atoms with Gasteiger partial charge in [0.25, 0.3) is 0 Å². The third-order valence-electron chi connectivity index (χ3n) is 3.97. The average Bonchev–Trinajstić information content (AvgIpc) is 2.57. The van der Waals surface area contributed by atoms with E-state index in [0.717, 1.165) is 32.1 Å². The van der Waals surface area contributed by atoms with Crippen molar-refractivity contribution in [2.24, 2.45) is 0 Å². The van der Waals surface area contributed by atoms with Gasteiger partial charge in [0.1, 0.15) is 6.10 Å². The highest BCUT2D eigenvalue weighted by Gasteiger charge is 2.15. The first-order chi connectivity index (χ1) is 12.0. The van der Waals surface area contributed by atoms with Crippen LogP contribution in [0.25, 0.3) is 0 Å². The van der Waals surface area contributed by atoms with Crippen LogP contribution in [0.3, 0.4) is 0 Å².